The summed E-state index contributed by atoms with van der Waals surface area (Å²) in [5.74, 6) is 0.273. The monoisotopic (exact) mass is 197 g/mol. The predicted molar refractivity (Wildman–Crippen MR) is 52.8 cm³/mol. The lowest BCUT2D eigenvalue weighted by Gasteiger charge is -2.06. The largest absolute Gasteiger partial charge is 0.508 e. The summed E-state index contributed by atoms with van der Waals surface area (Å²) in [6, 6.07) is 7.13. The van der Waals surface area contributed by atoms with Crippen molar-refractivity contribution in [2.45, 2.75) is 6.54 Å². The molecule has 14 heavy (non-hydrogen) atoms. The molecular weight excluding hydrogens is 182 g/mol. The van der Waals surface area contributed by atoms with E-state index >= 15 is 0 Å². The topological polar surface area (TPSA) is 50.7 Å². The third-order valence-electron chi connectivity index (χ3n) is 1.75. The van der Waals surface area contributed by atoms with Crippen LogP contribution in [0, 0.1) is 0 Å². The Morgan fingerprint density at radius 3 is 2.79 bits per heavy atom. The molecule has 0 saturated heterocycles. The second-order valence-electron chi connectivity index (χ2n) is 2.79. The van der Waals surface area contributed by atoms with E-state index in [1.54, 1.807) is 19.2 Å². The Bertz CT molecular complexity index is 265. The molecule has 0 aliphatic carbocycles. The molecule has 0 spiro atoms. The van der Waals surface area contributed by atoms with E-state index < -0.39 is 0 Å². The number of nitrogens with one attached hydrogen (secondary N) is 1. The summed E-state index contributed by atoms with van der Waals surface area (Å²) >= 11 is 0. The molecule has 1 aromatic carbocycles. The first-order chi connectivity index (χ1) is 6.84. The van der Waals surface area contributed by atoms with Gasteiger partial charge in [-0.1, -0.05) is 18.2 Å². The average Bonchev–Trinajstić information content (AvgIpc) is 2.20. The highest BCUT2D eigenvalue weighted by Crippen LogP contribution is 2.14. The van der Waals surface area contributed by atoms with E-state index in [-0.39, 0.29) is 5.75 Å². The summed E-state index contributed by atoms with van der Waals surface area (Å²) in [5.41, 5.74) is 3.55. The van der Waals surface area contributed by atoms with Crippen molar-refractivity contribution in [3.63, 3.8) is 0 Å². The molecule has 0 saturated carbocycles. The molecule has 1 aromatic rings. The minimum Gasteiger partial charge on any atom is -0.508 e. The number of phenols is 1. The Labute approximate surface area is 83.4 Å². The van der Waals surface area contributed by atoms with Gasteiger partial charge in [0.05, 0.1) is 13.2 Å². The standard InChI is InChI=1S/C10H15NO3/c1-13-6-7-14-11-8-9-4-2-3-5-10(9)12/h2-5,11-12H,6-8H2,1H3. The molecule has 0 radical (unpaired) electrons. The van der Waals surface area contributed by atoms with Crippen LogP contribution in [0.4, 0.5) is 0 Å². The Kier molecular flexibility index (Phi) is 4.99. The molecule has 0 fully saturated rings. The number of aromatic hydroxyl groups is 1. The molecule has 2 N–H and O–H groups in total. The summed E-state index contributed by atoms with van der Waals surface area (Å²) in [6.07, 6.45) is 0. The van der Waals surface area contributed by atoms with Crippen molar-refractivity contribution in [3.8, 4) is 5.75 Å². The van der Waals surface area contributed by atoms with Crippen LogP contribution in [0.25, 0.3) is 0 Å². The molecule has 0 aliphatic heterocycles. The van der Waals surface area contributed by atoms with Crippen LogP contribution in [-0.4, -0.2) is 25.4 Å². The number of hydroxylamine groups is 1. The van der Waals surface area contributed by atoms with Crippen LogP contribution in [0.15, 0.2) is 24.3 Å². The quantitative estimate of drug-likeness (QED) is 0.529. The fourth-order valence-electron chi connectivity index (χ4n) is 0.986. The van der Waals surface area contributed by atoms with Crippen LogP contribution >= 0.6 is 0 Å². The molecule has 1 rings (SSSR count). The lowest BCUT2D eigenvalue weighted by atomic mass is 10.2. The van der Waals surface area contributed by atoms with Crippen LogP contribution in [0.2, 0.25) is 0 Å². The van der Waals surface area contributed by atoms with Crippen molar-refractivity contribution in [2.75, 3.05) is 20.3 Å². The normalized spacial score (nSPS) is 10.4. The smallest absolute Gasteiger partial charge is 0.120 e. The lowest BCUT2D eigenvalue weighted by molar-refractivity contribution is 0.00322. The van der Waals surface area contributed by atoms with Crippen molar-refractivity contribution < 1.29 is 14.7 Å². The zero-order chi connectivity index (χ0) is 10.2. The summed E-state index contributed by atoms with van der Waals surface area (Å²) < 4.78 is 4.80. The van der Waals surface area contributed by atoms with E-state index in [4.69, 9.17) is 9.57 Å². The van der Waals surface area contributed by atoms with Crippen LogP contribution < -0.4 is 5.48 Å². The third kappa shape index (κ3) is 3.74. The van der Waals surface area contributed by atoms with E-state index in [9.17, 15) is 5.11 Å². The molecule has 4 heteroatoms. The minimum absolute atomic E-state index is 0.273. The minimum atomic E-state index is 0.273. The van der Waals surface area contributed by atoms with Gasteiger partial charge in [0.2, 0.25) is 0 Å². The van der Waals surface area contributed by atoms with Crippen molar-refractivity contribution in [3.05, 3.63) is 29.8 Å². The van der Waals surface area contributed by atoms with Gasteiger partial charge in [-0.05, 0) is 6.07 Å². The number of phenolic OH excluding ortho intramolecular Hbond substituents is 1. The first-order valence-electron chi connectivity index (χ1n) is 4.45. The molecule has 0 heterocycles. The van der Waals surface area contributed by atoms with Crippen molar-refractivity contribution in [1.82, 2.24) is 5.48 Å². The number of rotatable bonds is 6. The highest BCUT2D eigenvalue weighted by molar-refractivity contribution is 5.31. The molecule has 4 nitrogen and oxygen atoms in total. The summed E-state index contributed by atoms with van der Waals surface area (Å²) in [6.45, 7) is 1.52. The van der Waals surface area contributed by atoms with Crippen LogP contribution in [0.5, 0.6) is 5.75 Å². The van der Waals surface area contributed by atoms with E-state index in [1.807, 2.05) is 12.1 Å². The number of hydrogen-bond acceptors (Lipinski definition) is 4. The van der Waals surface area contributed by atoms with Gasteiger partial charge in [0, 0.05) is 19.2 Å². The van der Waals surface area contributed by atoms with Crippen LogP contribution in [0.1, 0.15) is 5.56 Å². The third-order valence-corrected chi connectivity index (χ3v) is 1.75. The van der Waals surface area contributed by atoms with E-state index in [1.165, 1.54) is 0 Å². The van der Waals surface area contributed by atoms with Gasteiger partial charge in [-0.3, -0.25) is 4.84 Å². The number of methoxy groups -OCH3 is 1. The zero-order valence-electron chi connectivity index (χ0n) is 8.19. The van der Waals surface area contributed by atoms with Crippen molar-refractivity contribution in [2.24, 2.45) is 0 Å². The summed E-state index contributed by atoms with van der Waals surface area (Å²) in [4.78, 5) is 5.05. The number of para-hydroxylation sites is 1. The van der Waals surface area contributed by atoms with Crippen molar-refractivity contribution >= 4 is 0 Å². The van der Waals surface area contributed by atoms with Crippen LogP contribution in [-0.2, 0) is 16.1 Å². The Morgan fingerprint density at radius 1 is 1.29 bits per heavy atom. The van der Waals surface area contributed by atoms with Gasteiger partial charge >= 0.3 is 0 Å². The molecule has 0 unspecified atom stereocenters. The maximum absolute atomic E-state index is 9.39. The van der Waals surface area contributed by atoms with E-state index in [2.05, 4.69) is 5.48 Å². The first-order valence-corrected chi connectivity index (χ1v) is 4.45. The lowest BCUT2D eigenvalue weighted by Crippen LogP contribution is -2.17. The summed E-state index contributed by atoms with van der Waals surface area (Å²) in [7, 11) is 1.62. The van der Waals surface area contributed by atoms with Crippen molar-refractivity contribution in [1.29, 1.82) is 0 Å². The molecule has 0 aromatic heterocycles. The second kappa shape index (κ2) is 6.37. The Hall–Kier alpha value is -1.10. The number of ether oxygens (including phenoxy) is 1. The Balaban J connectivity index is 2.21. The molecule has 78 valence electrons. The fourth-order valence-corrected chi connectivity index (χ4v) is 0.986. The second-order valence-corrected chi connectivity index (χ2v) is 2.79. The molecular formula is C10H15NO3. The fraction of sp³-hybridized carbons (Fsp3) is 0.400. The summed E-state index contributed by atoms with van der Waals surface area (Å²) in [5, 5.41) is 9.39. The van der Waals surface area contributed by atoms with E-state index in [0.717, 1.165) is 5.56 Å². The van der Waals surface area contributed by atoms with Gasteiger partial charge in [0.1, 0.15) is 5.75 Å². The van der Waals surface area contributed by atoms with Crippen LogP contribution in [0.3, 0.4) is 0 Å². The molecule has 0 atom stereocenters. The van der Waals surface area contributed by atoms with E-state index in [0.29, 0.717) is 19.8 Å². The van der Waals surface area contributed by atoms with Gasteiger partial charge in [-0.25, -0.2) is 0 Å². The molecule has 0 amide bonds. The number of benzene rings is 1. The van der Waals surface area contributed by atoms with Gasteiger partial charge in [-0.15, -0.1) is 0 Å². The maximum atomic E-state index is 9.39. The highest BCUT2D eigenvalue weighted by Gasteiger charge is 1.97. The molecule has 0 aliphatic rings. The maximum Gasteiger partial charge on any atom is 0.120 e. The highest BCUT2D eigenvalue weighted by atomic mass is 16.7. The van der Waals surface area contributed by atoms with Gasteiger partial charge in [-0.2, -0.15) is 5.48 Å². The van der Waals surface area contributed by atoms with Gasteiger partial charge in [0.15, 0.2) is 0 Å². The average molecular weight is 197 g/mol. The van der Waals surface area contributed by atoms with Gasteiger partial charge < -0.3 is 9.84 Å². The Morgan fingerprint density at radius 2 is 2.07 bits per heavy atom. The SMILES string of the molecule is COCCONCc1ccccc1O. The molecule has 0 bridgehead atoms. The zero-order valence-corrected chi connectivity index (χ0v) is 8.19. The van der Waals surface area contributed by atoms with Gasteiger partial charge in [0.25, 0.3) is 0 Å². The first kappa shape index (κ1) is 11.0. The number of hydrogen-bond donors (Lipinski definition) is 2. The predicted octanol–water partition coefficient (Wildman–Crippen LogP) is 1.06.